The van der Waals surface area contributed by atoms with E-state index in [1.807, 2.05) is 32.0 Å². The zero-order valence-electron chi connectivity index (χ0n) is 11.6. The average molecular weight is 336 g/mol. The first-order chi connectivity index (χ1) is 9.36. The molecule has 0 saturated carbocycles. The predicted molar refractivity (Wildman–Crippen MR) is 82.7 cm³/mol. The lowest BCUT2D eigenvalue weighted by molar-refractivity contribution is 0.102. The van der Waals surface area contributed by atoms with Crippen LogP contribution in [0.2, 0.25) is 0 Å². The van der Waals surface area contributed by atoms with Gasteiger partial charge in [-0.15, -0.1) is 0 Å². The van der Waals surface area contributed by atoms with Crippen LogP contribution in [0.4, 0.5) is 10.1 Å². The van der Waals surface area contributed by atoms with Crippen LogP contribution in [0.3, 0.4) is 0 Å². The summed E-state index contributed by atoms with van der Waals surface area (Å²) >= 11 is 3.12. The van der Waals surface area contributed by atoms with Gasteiger partial charge in [-0.05, 0) is 66.5 Å². The van der Waals surface area contributed by atoms with Gasteiger partial charge in [0, 0.05) is 11.3 Å². The molecule has 1 amide bonds. The first-order valence-electron chi connectivity index (χ1n) is 6.22. The summed E-state index contributed by atoms with van der Waals surface area (Å²) in [5.41, 5.74) is 3.95. The SMILES string of the molecule is Cc1cc(C)cc(C(=O)Nc2cc(Br)c(F)cc2C)c1. The third-order valence-corrected chi connectivity index (χ3v) is 3.61. The van der Waals surface area contributed by atoms with Gasteiger partial charge in [-0.25, -0.2) is 4.39 Å². The van der Waals surface area contributed by atoms with Crippen LogP contribution in [0, 0.1) is 26.6 Å². The van der Waals surface area contributed by atoms with Crippen molar-refractivity contribution in [1.29, 1.82) is 0 Å². The average Bonchev–Trinajstić information content (AvgIpc) is 2.34. The van der Waals surface area contributed by atoms with Crippen molar-refractivity contribution in [1.82, 2.24) is 0 Å². The van der Waals surface area contributed by atoms with E-state index in [0.29, 0.717) is 21.3 Å². The van der Waals surface area contributed by atoms with E-state index in [1.165, 1.54) is 6.07 Å². The fraction of sp³-hybridized carbons (Fsp3) is 0.188. The second-order valence-electron chi connectivity index (χ2n) is 4.91. The van der Waals surface area contributed by atoms with Crippen molar-refractivity contribution in [3.05, 3.63) is 62.9 Å². The lowest BCUT2D eigenvalue weighted by Gasteiger charge is -2.10. The van der Waals surface area contributed by atoms with E-state index in [-0.39, 0.29) is 11.7 Å². The number of rotatable bonds is 2. The van der Waals surface area contributed by atoms with Crippen molar-refractivity contribution >= 4 is 27.5 Å². The summed E-state index contributed by atoms with van der Waals surface area (Å²) in [5.74, 6) is -0.537. The van der Waals surface area contributed by atoms with Gasteiger partial charge >= 0.3 is 0 Å². The van der Waals surface area contributed by atoms with Gasteiger partial charge in [-0.1, -0.05) is 17.2 Å². The molecular weight excluding hydrogens is 321 g/mol. The highest BCUT2D eigenvalue weighted by atomic mass is 79.9. The Kier molecular flexibility index (Phi) is 4.23. The lowest BCUT2D eigenvalue weighted by Crippen LogP contribution is -2.13. The Hall–Kier alpha value is -1.68. The van der Waals surface area contributed by atoms with Crippen LogP contribution in [0.5, 0.6) is 0 Å². The van der Waals surface area contributed by atoms with E-state index in [0.717, 1.165) is 11.1 Å². The maximum atomic E-state index is 13.4. The van der Waals surface area contributed by atoms with Crippen LogP contribution < -0.4 is 5.32 Å². The van der Waals surface area contributed by atoms with Gasteiger partial charge in [0.25, 0.3) is 5.91 Å². The number of carbonyl (C=O) groups excluding carboxylic acids is 1. The highest BCUT2D eigenvalue weighted by Gasteiger charge is 2.11. The smallest absolute Gasteiger partial charge is 0.255 e. The summed E-state index contributed by atoms with van der Waals surface area (Å²) < 4.78 is 13.7. The van der Waals surface area contributed by atoms with Crippen molar-refractivity contribution < 1.29 is 9.18 Å². The first kappa shape index (κ1) is 14.7. The van der Waals surface area contributed by atoms with E-state index in [1.54, 1.807) is 13.0 Å². The number of hydrogen-bond donors (Lipinski definition) is 1. The molecule has 0 aliphatic heterocycles. The molecule has 2 aromatic rings. The van der Waals surface area contributed by atoms with Crippen LogP contribution in [0.25, 0.3) is 0 Å². The van der Waals surface area contributed by atoms with E-state index >= 15 is 0 Å². The number of amides is 1. The summed E-state index contributed by atoms with van der Waals surface area (Å²) in [5, 5.41) is 2.81. The van der Waals surface area contributed by atoms with E-state index < -0.39 is 0 Å². The van der Waals surface area contributed by atoms with Crippen molar-refractivity contribution in [2.24, 2.45) is 0 Å². The quantitative estimate of drug-likeness (QED) is 0.841. The molecule has 20 heavy (non-hydrogen) atoms. The van der Waals surface area contributed by atoms with E-state index in [9.17, 15) is 9.18 Å². The second-order valence-corrected chi connectivity index (χ2v) is 5.77. The molecule has 0 aliphatic carbocycles. The minimum Gasteiger partial charge on any atom is -0.322 e. The van der Waals surface area contributed by atoms with Crippen molar-refractivity contribution in [3.63, 3.8) is 0 Å². The van der Waals surface area contributed by atoms with Gasteiger partial charge in [0.05, 0.1) is 4.47 Å². The topological polar surface area (TPSA) is 29.1 Å². The van der Waals surface area contributed by atoms with Gasteiger partial charge in [-0.3, -0.25) is 4.79 Å². The molecule has 104 valence electrons. The number of carbonyl (C=O) groups is 1. The molecule has 0 bridgehead atoms. The minimum atomic E-state index is -0.341. The molecule has 2 aromatic carbocycles. The van der Waals surface area contributed by atoms with Gasteiger partial charge in [-0.2, -0.15) is 0 Å². The Labute approximate surface area is 126 Å². The molecule has 0 unspecified atom stereocenters. The third-order valence-electron chi connectivity index (χ3n) is 3.00. The Morgan fingerprint density at radius 2 is 1.65 bits per heavy atom. The number of benzene rings is 2. The molecule has 0 radical (unpaired) electrons. The van der Waals surface area contributed by atoms with Crippen LogP contribution in [-0.4, -0.2) is 5.91 Å². The number of nitrogens with one attached hydrogen (secondary N) is 1. The fourth-order valence-electron chi connectivity index (χ4n) is 2.08. The molecule has 2 rings (SSSR count). The number of anilines is 1. The fourth-order valence-corrected chi connectivity index (χ4v) is 2.42. The largest absolute Gasteiger partial charge is 0.322 e. The standard InChI is InChI=1S/C16H15BrFNO/c1-9-4-10(2)6-12(5-9)16(20)19-15-8-13(17)14(18)7-11(15)3/h4-8H,1-3H3,(H,19,20). The molecule has 0 aromatic heterocycles. The Balaban J connectivity index is 2.30. The highest BCUT2D eigenvalue weighted by molar-refractivity contribution is 9.10. The van der Waals surface area contributed by atoms with Gasteiger partial charge < -0.3 is 5.32 Å². The maximum absolute atomic E-state index is 13.4. The van der Waals surface area contributed by atoms with E-state index in [2.05, 4.69) is 21.2 Å². The van der Waals surface area contributed by atoms with Gasteiger partial charge in [0.2, 0.25) is 0 Å². The first-order valence-corrected chi connectivity index (χ1v) is 7.01. The molecule has 0 aliphatic rings. The molecule has 1 N–H and O–H groups in total. The molecule has 2 nitrogen and oxygen atoms in total. The number of aryl methyl sites for hydroxylation is 3. The molecule has 0 saturated heterocycles. The number of halogens is 2. The Bertz CT molecular complexity index is 662. The lowest BCUT2D eigenvalue weighted by atomic mass is 10.1. The summed E-state index contributed by atoms with van der Waals surface area (Å²) in [6.07, 6.45) is 0. The molecule has 0 atom stereocenters. The molecular formula is C16H15BrFNO. The minimum absolute atomic E-state index is 0.196. The van der Waals surface area contributed by atoms with Crippen LogP contribution in [0.15, 0.2) is 34.8 Å². The van der Waals surface area contributed by atoms with E-state index in [4.69, 9.17) is 0 Å². The second kappa shape index (κ2) is 5.75. The summed E-state index contributed by atoms with van der Waals surface area (Å²) in [6, 6.07) is 8.63. The highest BCUT2D eigenvalue weighted by Crippen LogP contribution is 2.24. The number of hydrogen-bond acceptors (Lipinski definition) is 1. The molecule has 0 fully saturated rings. The molecule has 0 spiro atoms. The summed E-state index contributed by atoms with van der Waals surface area (Å²) in [7, 11) is 0. The molecule has 0 heterocycles. The predicted octanol–water partition coefficient (Wildman–Crippen LogP) is 4.77. The van der Waals surface area contributed by atoms with Crippen LogP contribution in [0.1, 0.15) is 27.0 Å². The molecule has 4 heteroatoms. The van der Waals surface area contributed by atoms with Crippen molar-refractivity contribution in [2.75, 3.05) is 5.32 Å². The monoisotopic (exact) mass is 335 g/mol. The van der Waals surface area contributed by atoms with Crippen molar-refractivity contribution in [3.8, 4) is 0 Å². The zero-order chi connectivity index (χ0) is 14.9. The van der Waals surface area contributed by atoms with Gasteiger partial charge in [0.15, 0.2) is 0 Å². The van der Waals surface area contributed by atoms with Crippen LogP contribution >= 0.6 is 15.9 Å². The Morgan fingerprint density at radius 1 is 1.05 bits per heavy atom. The third kappa shape index (κ3) is 3.25. The maximum Gasteiger partial charge on any atom is 0.255 e. The summed E-state index contributed by atoms with van der Waals surface area (Å²) in [6.45, 7) is 5.65. The Morgan fingerprint density at radius 3 is 2.25 bits per heavy atom. The van der Waals surface area contributed by atoms with Crippen molar-refractivity contribution in [2.45, 2.75) is 20.8 Å². The van der Waals surface area contributed by atoms with Gasteiger partial charge in [0.1, 0.15) is 5.82 Å². The normalized spacial score (nSPS) is 10.4. The summed E-state index contributed by atoms with van der Waals surface area (Å²) in [4.78, 5) is 12.2. The van der Waals surface area contributed by atoms with Crippen LogP contribution in [-0.2, 0) is 0 Å². The zero-order valence-corrected chi connectivity index (χ0v) is 13.1.